The number of benzene rings is 1. The summed E-state index contributed by atoms with van der Waals surface area (Å²) in [5.74, 6) is 0.853. The Morgan fingerprint density at radius 3 is 2.64 bits per heavy atom. The summed E-state index contributed by atoms with van der Waals surface area (Å²) in [4.78, 5) is 13.2. The van der Waals surface area contributed by atoms with Gasteiger partial charge in [0.2, 0.25) is 0 Å². The van der Waals surface area contributed by atoms with Crippen LogP contribution in [0.3, 0.4) is 0 Å². The molecule has 1 unspecified atom stereocenters. The van der Waals surface area contributed by atoms with E-state index >= 15 is 0 Å². The molecular weight excluding hydrogens is 274 g/mol. The van der Waals surface area contributed by atoms with Gasteiger partial charge in [-0.25, -0.2) is 9.97 Å². The van der Waals surface area contributed by atoms with Crippen LogP contribution in [0.2, 0.25) is 0 Å². The Morgan fingerprint density at radius 1 is 1.18 bits per heavy atom. The lowest BCUT2D eigenvalue weighted by molar-refractivity contribution is 0.220. The molecule has 1 aromatic carbocycles. The van der Waals surface area contributed by atoms with Crippen molar-refractivity contribution >= 4 is 5.82 Å². The SMILES string of the molecule is CC1CN(Cc2ccccc2)CCN1c1cnc(C#N)cn1. The van der Waals surface area contributed by atoms with E-state index in [9.17, 15) is 0 Å². The van der Waals surface area contributed by atoms with Crippen LogP contribution in [0.1, 0.15) is 18.2 Å². The summed E-state index contributed by atoms with van der Waals surface area (Å²) in [5.41, 5.74) is 1.71. The third-order valence-electron chi connectivity index (χ3n) is 4.01. The minimum absolute atomic E-state index is 0.360. The number of aromatic nitrogens is 2. The van der Waals surface area contributed by atoms with Gasteiger partial charge in [0.1, 0.15) is 11.9 Å². The Labute approximate surface area is 130 Å². The van der Waals surface area contributed by atoms with Gasteiger partial charge in [0.25, 0.3) is 0 Å². The quantitative estimate of drug-likeness (QED) is 0.867. The first-order chi connectivity index (χ1) is 10.8. The molecular formula is C17H19N5. The normalized spacial score (nSPS) is 18.9. The average Bonchev–Trinajstić information content (AvgIpc) is 2.56. The molecule has 112 valence electrons. The zero-order valence-electron chi connectivity index (χ0n) is 12.7. The predicted octanol–water partition coefficient (Wildman–Crippen LogP) is 2.06. The van der Waals surface area contributed by atoms with Crippen molar-refractivity contribution in [1.82, 2.24) is 14.9 Å². The number of piperazine rings is 1. The van der Waals surface area contributed by atoms with Crippen LogP contribution in [0.15, 0.2) is 42.7 Å². The van der Waals surface area contributed by atoms with Gasteiger partial charge in [0.05, 0.1) is 12.4 Å². The molecule has 2 aromatic rings. The van der Waals surface area contributed by atoms with Crippen LogP contribution < -0.4 is 4.90 Å². The molecule has 1 aromatic heterocycles. The van der Waals surface area contributed by atoms with Crippen molar-refractivity contribution < 1.29 is 0 Å². The van der Waals surface area contributed by atoms with Gasteiger partial charge in [-0.2, -0.15) is 5.26 Å². The molecule has 1 aliphatic rings. The van der Waals surface area contributed by atoms with E-state index in [1.54, 1.807) is 12.4 Å². The lowest BCUT2D eigenvalue weighted by atomic mass is 10.1. The Morgan fingerprint density at radius 2 is 2.00 bits per heavy atom. The molecule has 1 fully saturated rings. The average molecular weight is 293 g/mol. The van der Waals surface area contributed by atoms with E-state index < -0.39 is 0 Å². The molecule has 5 nitrogen and oxygen atoms in total. The summed E-state index contributed by atoms with van der Waals surface area (Å²) in [5, 5.41) is 8.79. The first-order valence-corrected chi connectivity index (χ1v) is 7.51. The molecule has 2 heterocycles. The number of hydrogen-bond donors (Lipinski definition) is 0. The maximum atomic E-state index is 8.79. The van der Waals surface area contributed by atoms with Gasteiger partial charge in [-0.3, -0.25) is 4.90 Å². The largest absolute Gasteiger partial charge is 0.350 e. The summed E-state index contributed by atoms with van der Waals surface area (Å²) in [6.45, 7) is 6.11. The molecule has 0 N–H and O–H groups in total. The van der Waals surface area contributed by atoms with Crippen molar-refractivity contribution in [2.75, 3.05) is 24.5 Å². The standard InChI is InChI=1S/C17H19N5/c1-14-12-21(13-15-5-3-2-4-6-15)7-8-22(14)17-11-19-16(9-18)10-20-17/h2-6,10-11,14H,7-8,12-13H2,1H3. The topological polar surface area (TPSA) is 56.0 Å². The monoisotopic (exact) mass is 293 g/mol. The van der Waals surface area contributed by atoms with E-state index in [0.717, 1.165) is 32.0 Å². The first-order valence-electron chi connectivity index (χ1n) is 7.51. The number of rotatable bonds is 3. The Kier molecular flexibility index (Phi) is 4.31. The number of anilines is 1. The van der Waals surface area contributed by atoms with Crippen LogP contribution in [-0.2, 0) is 6.54 Å². The van der Waals surface area contributed by atoms with Gasteiger partial charge in [-0.15, -0.1) is 0 Å². The van der Waals surface area contributed by atoms with Gasteiger partial charge in [0, 0.05) is 32.2 Å². The van der Waals surface area contributed by atoms with Crippen LogP contribution in [0, 0.1) is 11.3 Å². The number of hydrogen-bond acceptors (Lipinski definition) is 5. The fourth-order valence-corrected chi connectivity index (χ4v) is 2.89. The lowest BCUT2D eigenvalue weighted by Crippen LogP contribution is -2.51. The van der Waals surface area contributed by atoms with Crippen molar-refractivity contribution in [2.45, 2.75) is 19.5 Å². The molecule has 3 rings (SSSR count). The minimum Gasteiger partial charge on any atom is -0.350 e. The molecule has 1 atom stereocenters. The van der Waals surface area contributed by atoms with E-state index in [1.165, 1.54) is 5.56 Å². The van der Waals surface area contributed by atoms with Crippen LogP contribution in [0.5, 0.6) is 0 Å². The maximum Gasteiger partial charge on any atom is 0.158 e. The molecule has 0 bridgehead atoms. The first kappa shape index (κ1) is 14.5. The molecule has 0 amide bonds. The summed E-state index contributed by atoms with van der Waals surface area (Å²) in [6.07, 6.45) is 3.24. The third-order valence-corrected chi connectivity index (χ3v) is 4.01. The van der Waals surface area contributed by atoms with E-state index in [2.05, 4.69) is 51.0 Å². The van der Waals surface area contributed by atoms with Crippen LogP contribution in [-0.4, -0.2) is 40.5 Å². The second kappa shape index (κ2) is 6.54. The van der Waals surface area contributed by atoms with Gasteiger partial charge in [0.15, 0.2) is 5.69 Å². The maximum absolute atomic E-state index is 8.79. The van der Waals surface area contributed by atoms with Crippen molar-refractivity contribution in [3.63, 3.8) is 0 Å². The Balaban J connectivity index is 1.63. The lowest BCUT2D eigenvalue weighted by Gasteiger charge is -2.40. The molecule has 0 saturated carbocycles. The van der Waals surface area contributed by atoms with Crippen LogP contribution >= 0.6 is 0 Å². The molecule has 1 saturated heterocycles. The van der Waals surface area contributed by atoms with Gasteiger partial charge in [-0.05, 0) is 12.5 Å². The van der Waals surface area contributed by atoms with Crippen molar-refractivity contribution in [1.29, 1.82) is 5.26 Å². The Hall–Kier alpha value is -2.45. The summed E-state index contributed by atoms with van der Waals surface area (Å²) in [6, 6.07) is 12.9. The summed E-state index contributed by atoms with van der Waals surface area (Å²) < 4.78 is 0. The Bertz CT molecular complexity index is 647. The molecule has 0 radical (unpaired) electrons. The highest BCUT2D eigenvalue weighted by Gasteiger charge is 2.24. The second-order valence-corrected chi connectivity index (χ2v) is 5.63. The van der Waals surface area contributed by atoms with E-state index in [0.29, 0.717) is 11.7 Å². The molecule has 22 heavy (non-hydrogen) atoms. The van der Waals surface area contributed by atoms with E-state index in [-0.39, 0.29) is 0 Å². The number of nitrogens with zero attached hydrogens (tertiary/aromatic N) is 5. The molecule has 0 aliphatic carbocycles. The fourth-order valence-electron chi connectivity index (χ4n) is 2.89. The van der Waals surface area contributed by atoms with Gasteiger partial charge < -0.3 is 4.90 Å². The smallest absolute Gasteiger partial charge is 0.158 e. The number of nitriles is 1. The van der Waals surface area contributed by atoms with E-state index in [4.69, 9.17) is 5.26 Å². The summed E-state index contributed by atoms with van der Waals surface area (Å²) >= 11 is 0. The molecule has 5 heteroatoms. The van der Waals surface area contributed by atoms with Gasteiger partial charge >= 0.3 is 0 Å². The summed E-state index contributed by atoms with van der Waals surface area (Å²) in [7, 11) is 0. The van der Waals surface area contributed by atoms with Crippen LogP contribution in [0.25, 0.3) is 0 Å². The predicted molar refractivity (Wildman–Crippen MR) is 85.3 cm³/mol. The fraction of sp³-hybridized carbons (Fsp3) is 0.353. The zero-order valence-corrected chi connectivity index (χ0v) is 12.7. The van der Waals surface area contributed by atoms with Crippen LogP contribution in [0.4, 0.5) is 5.82 Å². The van der Waals surface area contributed by atoms with E-state index in [1.807, 2.05) is 12.1 Å². The minimum atomic E-state index is 0.360. The van der Waals surface area contributed by atoms with Crippen molar-refractivity contribution in [3.05, 3.63) is 54.0 Å². The highest BCUT2D eigenvalue weighted by molar-refractivity contribution is 5.39. The van der Waals surface area contributed by atoms with Gasteiger partial charge in [-0.1, -0.05) is 30.3 Å². The zero-order chi connectivity index (χ0) is 15.4. The molecule has 0 spiro atoms. The second-order valence-electron chi connectivity index (χ2n) is 5.63. The molecule has 1 aliphatic heterocycles. The highest BCUT2D eigenvalue weighted by Crippen LogP contribution is 2.18. The third kappa shape index (κ3) is 3.23. The van der Waals surface area contributed by atoms with Crippen molar-refractivity contribution in [3.8, 4) is 6.07 Å². The highest BCUT2D eigenvalue weighted by atomic mass is 15.3. The van der Waals surface area contributed by atoms with Crippen molar-refractivity contribution in [2.24, 2.45) is 0 Å².